The second kappa shape index (κ2) is 5.04. The third-order valence-corrected chi connectivity index (χ3v) is 4.27. The Kier molecular flexibility index (Phi) is 3.85. The fourth-order valence-electron chi connectivity index (χ4n) is 1.88. The first-order chi connectivity index (χ1) is 8.02. The molecule has 0 saturated carbocycles. The Morgan fingerprint density at radius 1 is 1.53 bits per heavy atom. The lowest BCUT2D eigenvalue weighted by molar-refractivity contribution is -0.117. The summed E-state index contributed by atoms with van der Waals surface area (Å²) in [5.41, 5.74) is 6.48. The summed E-state index contributed by atoms with van der Waals surface area (Å²) in [6.07, 6.45) is 0.514. The largest absolute Gasteiger partial charge is 0.330 e. The van der Waals surface area contributed by atoms with Gasteiger partial charge in [-0.1, -0.05) is 0 Å². The van der Waals surface area contributed by atoms with Crippen LogP contribution in [-0.4, -0.2) is 24.0 Å². The van der Waals surface area contributed by atoms with Crippen LogP contribution in [0.25, 0.3) is 0 Å². The van der Waals surface area contributed by atoms with E-state index in [1.54, 1.807) is 4.90 Å². The van der Waals surface area contributed by atoms with Gasteiger partial charge in [0.05, 0.1) is 10.2 Å². The van der Waals surface area contributed by atoms with Gasteiger partial charge in [-0.05, 0) is 57.3 Å². The first kappa shape index (κ1) is 13.0. The minimum atomic E-state index is 0.0929. The molecule has 0 bridgehead atoms. The summed E-state index contributed by atoms with van der Waals surface area (Å²) in [4.78, 5) is 18.0. The maximum Gasteiger partial charge on any atom is 0.228 e. The minimum Gasteiger partial charge on any atom is -0.330 e. The molecular formula is C11H13Br2N3O. The van der Waals surface area contributed by atoms with Gasteiger partial charge in [-0.2, -0.15) is 0 Å². The maximum atomic E-state index is 11.9. The summed E-state index contributed by atoms with van der Waals surface area (Å²) in [6, 6.07) is 1.92. The van der Waals surface area contributed by atoms with Gasteiger partial charge in [-0.15, -0.1) is 0 Å². The molecule has 1 amide bonds. The van der Waals surface area contributed by atoms with E-state index < -0.39 is 0 Å². The number of aromatic nitrogens is 1. The van der Waals surface area contributed by atoms with Crippen molar-refractivity contribution in [1.29, 1.82) is 0 Å². The number of carbonyl (C=O) groups excluding carboxylic acids is 1. The molecule has 0 radical (unpaired) electrons. The molecule has 1 aromatic rings. The van der Waals surface area contributed by atoms with Crippen molar-refractivity contribution in [2.75, 3.05) is 18.0 Å². The summed E-state index contributed by atoms with van der Waals surface area (Å²) in [5.74, 6) is 1.02. The van der Waals surface area contributed by atoms with E-state index in [9.17, 15) is 4.79 Å². The van der Waals surface area contributed by atoms with Crippen molar-refractivity contribution < 1.29 is 4.79 Å². The zero-order valence-electron chi connectivity index (χ0n) is 9.41. The van der Waals surface area contributed by atoms with E-state index in [2.05, 4.69) is 36.8 Å². The monoisotopic (exact) mass is 361 g/mol. The molecule has 6 heteroatoms. The Morgan fingerprint density at radius 3 is 2.82 bits per heavy atom. The van der Waals surface area contributed by atoms with Gasteiger partial charge in [-0.3, -0.25) is 9.69 Å². The van der Waals surface area contributed by atoms with E-state index in [0.717, 1.165) is 14.6 Å². The Labute approximate surface area is 117 Å². The Morgan fingerprint density at radius 2 is 2.24 bits per heavy atom. The fourth-order valence-corrected chi connectivity index (χ4v) is 3.04. The molecule has 0 aromatic carbocycles. The van der Waals surface area contributed by atoms with Gasteiger partial charge in [-0.25, -0.2) is 4.98 Å². The molecule has 2 rings (SSSR count). The predicted octanol–water partition coefficient (Wildman–Crippen LogP) is 2.23. The lowest BCUT2D eigenvalue weighted by Crippen LogP contribution is -2.27. The topological polar surface area (TPSA) is 59.2 Å². The molecule has 1 atom stereocenters. The van der Waals surface area contributed by atoms with Crippen LogP contribution in [0.3, 0.4) is 0 Å². The maximum absolute atomic E-state index is 11.9. The molecule has 2 heterocycles. The van der Waals surface area contributed by atoms with Crippen LogP contribution in [0.15, 0.2) is 15.0 Å². The molecule has 1 saturated heterocycles. The second-order valence-electron chi connectivity index (χ2n) is 4.17. The van der Waals surface area contributed by atoms with Crippen molar-refractivity contribution >= 4 is 43.6 Å². The van der Waals surface area contributed by atoms with Crippen molar-refractivity contribution in [3.05, 3.63) is 20.7 Å². The zero-order chi connectivity index (χ0) is 12.6. The highest BCUT2D eigenvalue weighted by molar-refractivity contribution is 9.11. The molecular weight excluding hydrogens is 350 g/mol. The fraction of sp³-hybridized carbons (Fsp3) is 0.455. The molecule has 2 N–H and O–H groups in total. The molecule has 4 nitrogen and oxygen atoms in total. The van der Waals surface area contributed by atoms with Gasteiger partial charge < -0.3 is 5.73 Å². The Balaban J connectivity index is 2.35. The van der Waals surface area contributed by atoms with Crippen LogP contribution in [-0.2, 0) is 4.79 Å². The summed E-state index contributed by atoms with van der Waals surface area (Å²) in [5, 5.41) is 0. The van der Waals surface area contributed by atoms with Gasteiger partial charge in [0.2, 0.25) is 5.91 Å². The third-order valence-electron chi connectivity index (χ3n) is 2.88. The van der Waals surface area contributed by atoms with Gasteiger partial charge in [0.25, 0.3) is 0 Å². The van der Waals surface area contributed by atoms with Gasteiger partial charge >= 0.3 is 0 Å². The number of anilines is 1. The molecule has 1 aliphatic heterocycles. The number of hydrogen-bond donors (Lipinski definition) is 1. The number of hydrogen-bond acceptors (Lipinski definition) is 3. The normalized spacial score (nSPS) is 20.1. The highest BCUT2D eigenvalue weighted by atomic mass is 79.9. The predicted molar refractivity (Wildman–Crippen MR) is 73.9 cm³/mol. The summed E-state index contributed by atoms with van der Waals surface area (Å²) in [6.45, 7) is 3.10. The van der Waals surface area contributed by atoms with E-state index >= 15 is 0 Å². The zero-order valence-corrected chi connectivity index (χ0v) is 12.6. The van der Waals surface area contributed by atoms with E-state index in [-0.39, 0.29) is 11.8 Å². The lowest BCUT2D eigenvalue weighted by atomic mass is 10.1. The molecule has 1 unspecified atom stereocenters. The van der Waals surface area contributed by atoms with Crippen molar-refractivity contribution in [2.24, 2.45) is 11.7 Å². The molecule has 0 spiro atoms. The molecule has 1 fully saturated rings. The van der Waals surface area contributed by atoms with Crippen molar-refractivity contribution in [2.45, 2.75) is 13.3 Å². The number of amides is 1. The van der Waals surface area contributed by atoms with Crippen LogP contribution in [0.2, 0.25) is 0 Å². The van der Waals surface area contributed by atoms with Crippen LogP contribution in [0.4, 0.5) is 5.82 Å². The highest BCUT2D eigenvalue weighted by Crippen LogP contribution is 2.32. The number of halogens is 2. The second-order valence-corrected chi connectivity index (χ2v) is 5.88. The van der Waals surface area contributed by atoms with E-state index in [1.807, 2.05) is 13.0 Å². The number of nitrogens with zero attached hydrogens (tertiary/aromatic N) is 2. The highest BCUT2D eigenvalue weighted by Gasteiger charge is 2.31. The number of aryl methyl sites for hydroxylation is 1. The first-order valence-corrected chi connectivity index (χ1v) is 6.94. The molecule has 0 aliphatic carbocycles. The van der Waals surface area contributed by atoms with Gasteiger partial charge in [0.15, 0.2) is 0 Å². The summed E-state index contributed by atoms with van der Waals surface area (Å²) in [7, 11) is 0. The number of rotatable bonds is 2. The molecule has 1 aromatic heterocycles. The third kappa shape index (κ3) is 2.53. The quantitative estimate of drug-likeness (QED) is 0.877. The average Bonchev–Trinajstić information content (AvgIpc) is 2.65. The molecule has 17 heavy (non-hydrogen) atoms. The smallest absolute Gasteiger partial charge is 0.228 e. The Hall–Kier alpha value is -0.460. The number of carbonyl (C=O) groups is 1. The molecule has 92 valence electrons. The Bertz CT molecular complexity index is 464. The molecule has 1 aliphatic rings. The van der Waals surface area contributed by atoms with Crippen LogP contribution in [0.5, 0.6) is 0 Å². The van der Waals surface area contributed by atoms with Gasteiger partial charge in [0.1, 0.15) is 5.82 Å². The van der Waals surface area contributed by atoms with Crippen LogP contribution < -0.4 is 10.6 Å². The summed E-state index contributed by atoms with van der Waals surface area (Å²) < 4.78 is 1.75. The van der Waals surface area contributed by atoms with E-state index in [4.69, 9.17) is 5.73 Å². The van der Waals surface area contributed by atoms with Crippen LogP contribution in [0, 0.1) is 12.8 Å². The van der Waals surface area contributed by atoms with E-state index in [1.165, 1.54) is 0 Å². The van der Waals surface area contributed by atoms with Crippen molar-refractivity contribution in [3.63, 3.8) is 0 Å². The van der Waals surface area contributed by atoms with Crippen LogP contribution >= 0.6 is 31.9 Å². The summed E-state index contributed by atoms with van der Waals surface area (Å²) >= 11 is 6.86. The van der Waals surface area contributed by atoms with Crippen molar-refractivity contribution in [3.8, 4) is 0 Å². The number of nitrogens with two attached hydrogens (primary N) is 1. The van der Waals surface area contributed by atoms with Gasteiger partial charge in [0, 0.05) is 17.4 Å². The first-order valence-electron chi connectivity index (χ1n) is 5.36. The van der Waals surface area contributed by atoms with Crippen molar-refractivity contribution in [1.82, 2.24) is 4.98 Å². The number of pyridine rings is 1. The lowest BCUT2D eigenvalue weighted by Gasteiger charge is -2.18. The van der Waals surface area contributed by atoms with Crippen LogP contribution in [0.1, 0.15) is 12.1 Å². The minimum absolute atomic E-state index is 0.0929. The SMILES string of the molecule is Cc1nc(N2CC(CN)CC2=O)c(Br)cc1Br. The average molecular weight is 363 g/mol. The standard InChI is InChI=1S/C11H13Br2N3O/c1-6-8(12)3-9(13)11(15-6)16-5-7(4-14)2-10(16)17/h3,7H,2,4-5,14H2,1H3. The van der Waals surface area contributed by atoms with E-state index in [0.29, 0.717) is 25.3 Å².